The topological polar surface area (TPSA) is 15.3 Å². The molecule has 2 aliphatic rings. The normalized spacial score (nSPS) is 25.8. The number of likely N-dealkylation sites (tertiary alicyclic amines) is 1. The Morgan fingerprint density at radius 1 is 1.05 bits per heavy atom. The fourth-order valence-corrected chi connectivity index (χ4v) is 3.88. The van der Waals surface area contributed by atoms with Crippen LogP contribution in [0, 0.1) is 0 Å². The van der Waals surface area contributed by atoms with Crippen molar-refractivity contribution < 1.29 is 0 Å². The molecule has 2 saturated heterocycles. The van der Waals surface area contributed by atoms with Gasteiger partial charge in [0.1, 0.15) is 0 Å². The molecule has 1 aromatic carbocycles. The minimum Gasteiger partial charge on any atom is -0.317 e. The second kappa shape index (κ2) is 6.93. The van der Waals surface area contributed by atoms with Crippen LogP contribution in [0.1, 0.15) is 37.7 Å². The van der Waals surface area contributed by atoms with Gasteiger partial charge in [0, 0.05) is 17.1 Å². The summed E-state index contributed by atoms with van der Waals surface area (Å²) in [6, 6.07) is 9.96. The molecule has 1 aromatic rings. The molecule has 0 amide bonds. The second-order valence-corrected chi connectivity index (χ2v) is 6.64. The lowest BCUT2D eigenvalue weighted by Crippen LogP contribution is -2.50. The first-order valence-electron chi connectivity index (χ1n) is 8.04. The molecule has 0 spiro atoms. The molecule has 0 radical (unpaired) electrons. The van der Waals surface area contributed by atoms with Gasteiger partial charge in [-0.2, -0.15) is 0 Å². The highest BCUT2D eigenvalue weighted by Crippen LogP contribution is 2.26. The Balaban J connectivity index is 1.66. The first-order chi connectivity index (χ1) is 9.83. The number of hydrogen-bond donors (Lipinski definition) is 1. The lowest BCUT2D eigenvalue weighted by Gasteiger charge is -2.43. The Hall–Kier alpha value is -0.570. The summed E-state index contributed by atoms with van der Waals surface area (Å²) in [6.07, 6.45) is 7.93. The Bertz CT molecular complexity index is 412. The van der Waals surface area contributed by atoms with Crippen LogP contribution in [0.25, 0.3) is 0 Å². The Morgan fingerprint density at radius 2 is 1.80 bits per heavy atom. The zero-order valence-electron chi connectivity index (χ0n) is 12.2. The minimum atomic E-state index is 0.730. The summed E-state index contributed by atoms with van der Waals surface area (Å²) in [5.41, 5.74) is 1.43. The molecule has 20 heavy (non-hydrogen) atoms. The summed E-state index contributed by atoms with van der Waals surface area (Å²) in [6.45, 7) is 3.67. The molecule has 1 N–H and O–H groups in total. The lowest BCUT2D eigenvalue weighted by atomic mass is 9.91. The Morgan fingerprint density at radius 3 is 2.55 bits per heavy atom. The summed E-state index contributed by atoms with van der Waals surface area (Å²) in [5, 5.41) is 4.32. The van der Waals surface area contributed by atoms with Crippen LogP contribution >= 0.6 is 11.6 Å². The van der Waals surface area contributed by atoms with E-state index in [4.69, 9.17) is 11.6 Å². The van der Waals surface area contributed by atoms with Crippen LogP contribution in [0.5, 0.6) is 0 Å². The van der Waals surface area contributed by atoms with Crippen molar-refractivity contribution in [1.82, 2.24) is 10.2 Å². The van der Waals surface area contributed by atoms with E-state index in [2.05, 4.69) is 22.3 Å². The largest absolute Gasteiger partial charge is 0.317 e. The predicted molar refractivity (Wildman–Crippen MR) is 85.4 cm³/mol. The molecule has 1 atom stereocenters. The van der Waals surface area contributed by atoms with Gasteiger partial charge in [0.2, 0.25) is 0 Å². The predicted octanol–water partition coefficient (Wildman–Crippen LogP) is 3.49. The van der Waals surface area contributed by atoms with Gasteiger partial charge in [-0.25, -0.2) is 0 Å². The SMILES string of the molecule is Clc1ccc(C[C@H]2CCCCN2C2CCNCC2)cc1. The van der Waals surface area contributed by atoms with Crippen molar-refractivity contribution >= 4 is 11.6 Å². The molecular weight excluding hydrogens is 268 g/mol. The second-order valence-electron chi connectivity index (χ2n) is 6.20. The van der Waals surface area contributed by atoms with E-state index in [0.717, 1.165) is 17.1 Å². The van der Waals surface area contributed by atoms with Crippen LogP contribution in [0.2, 0.25) is 5.02 Å². The molecule has 3 heteroatoms. The third kappa shape index (κ3) is 3.55. The highest BCUT2D eigenvalue weighted by molar-refractivity contribution is 6.30. The van der Waals surface area contributed by atoms with Crippen molar-refractivity contribution in [2.24, 2.45) is 0 Å². The van der Waals surface area contributed by atoms with E-state index in [0.29, 0.717) is 0 Å². The van der Waals surface area contributed by atoms with Crippen molar-refractivity contribution in [3.63, 3.8) is 0 Å². The fourth-order valence-electron chi connectivity index (χ4n) is 3.75. The molecule has 3 rings (SSSR count). The number of halogens is 1. The molecule has 0 saturated carbocycles. The summed E-state index contributed by atoms with van der Waals surface area (Å²) in [7, 11) is 0. The van der Waals surface area contributed by atoms with Crippen molar-refractivity contribution in [2.75, 3.05) is 19.6 Å². The van der Waals surface area contributed by atoms with E-state index in [1.807, 2.05) is 12.1 Å². The number of benzene rings is 1. The Labute approximate surface area is 127 Å². The van der Waals surface area contributed by atoms with E-state index >= 15 is 0 Å². The highest BCUT2D eigenvalue weighted by atomic mass is 35.5. The van der Waals surface area contributed by atoms with E-state index in [-0.39, 0.29) is 0 Å². The average Bonchev–Trinajstić information content (AvgIpc) is 2.51. The Kier molecular flexibility index (Phi) is 4.98. The molecule has 0 aromatic heterocycles. The third-order valence-corrected chi connectivity index (χ3v) is 5.09. The maximum atomic E-state index is 5.99. The molecule has 2 fully saturated rings. The van der Waals surface area contributed by atoms with Crippen molar-refractivity contribution in [3.05, 3.63) is 34.9 Å². The fraction of sp³-hybridized carbons (Fsp3) is 0.647. The summed E-state index contributed by atoms with van der Waals surface area (Å²) >= 11 is 5.99. The molecule has 2 nitrogen and oxygen atoms in total. The van der Waals surface area contributed by atoms with Crippen molar-refractivity contribution in [2.45, 2.75) is 50.6 Å². The van der Waals surface area contributed by atoms with Crippen LogP contribution in [0.4, 0.5) is 0 Å². The number of nitrogens with one attached hydrogen (secondary N) is 1. The zero-order valence-corrected chi connectivity index (χ0v) is 12.9. The quantitative estimate of drug-likeness (QED) is 0.917. The maximum absolute atomic E-state index is 5.99. The van der Waals surface area contributed by atoms with Crippen LogP contribution in [-0.2, 0) is 6.42 Å². The molecular formula is C17H25ClN2. The maximum Gasteiger partial charge on any atom is 0.0406 e. The molecule has 110 valence electrons. The van der Waals surface area contributed by atoms with Gasteiger partial charge in [0.25, 0.3) is 0 Å². The van der Waals surface area contributed by atoms with E-state index in [1.165, 1.54) is 63.7 Å². The van der Waals surface area contributed by atoms with E-state index < -0.39 is 0 Å². The zero-order chi connectivity index (χ0) is 13.8. The first-order valence-corrected chi connectivity index (χ1v) is 8.41. The van der Waals surface area contributed by atoms with Crippen LogP contribution in [-0.4, -0.2) is 36.6 Å². The average molecular weight is 293 g/mol. The van der Waals surface area contributed by atoms with Gasteiger partial charge in [-0.05, 0) is 69.4 Å². The van der Waals surface area contributed by atoms with Crippen molar-refractivity contribution in [1.29, 1.82) is 0 Å². The third-order valence-electron chi connectivity index (χ3n) is 4.83. The number of nitrogens with zero attached hydrogens (tertiary/aromatic N) is 1. The molecule has 2 heterocycles. The van der Waals surface area contributed by atoms with Crippen molar-refractivity contribution in [3.8, 4) is 0 Å². The van der Waals surface area contributed by atoms with E-state index in [1.54, 1.807) is 0 Å². The highest BCUT2D eigenvalue weighted by Gasteiger charge is 2.29. The monoisotopic (exact) mass is 292 g/mol. The van der Waals surface area contributed by atoms with Gasteiger partial charge in [0.15, 0.2) is 0 Å². The van der Waals surface area contributed by atoms with Gasteiger partial charge in [-0.1, -0.05) is 30.2 Å². The molecule has 0 unspecified atom stereocenters. The van der Waals surface area contributed by atoms with Gasteiger partial charge in [0.05, 0.1) is 0 Å². The summed E-state index contributed by atoms with van der Waals surface area (Å²) < 4.78 is 0. The van der Waals surface area contributed by atoms with Crippen LogP contribution in [0.3, 0.4) is 0 Å². The molecule has 2 aliphatic heterocycles. The van der Waals surface area contributed by atoms with Gasteiger partial charge in [-0.3, -0.25) is 4.90 Å². The molecule has 0 aliphatic carbocycles. The number of piperidine rings is 2. The molecule has 0 bridgehead atoms. The number of hydrogen-bond acceptors (Lipinski definition) is 2. The van der Waals surface area contributed by atoms with E-state index in [9.17, 15) is 0 Å². The van der Waals surface area contributed by atoms with Gasteiger partial charge in [-0.15, -0.1) is 0 Å². The number of rotatable bonds is 3. The van der Waals surface area contributed by atoms with Crippen LogP contribution < -0.4 is 5.32 Å². The minimum absolute atomic E-state index is 0.730. The van der Waals surface area contributed by atoms with Crippen LogP contribution in [0.15, 0.2) is 24.3 Å². The first kappa shape index (κ1) is 14.4. The smallest absolute Gasteiger partial charge is 0.0406 e. The standard InChI is InChI=1S/C17H25ClN2/c18-15-6-4-14(5-7-15)13-17-3-1-2-12-20(17)16-8-10-19-11-9-16/h4-7,16-17,19H,1-3,8-13H2/t17-/m1/s1. The lowest BCUT2D eigenvalue weighted by molar-refractivity contribution is 0.0763. The summed E-state index contributed by atoms with van der Waals surface area (Å²) in [5.74, 6) is 0. The van der Waals surface area contributed by atoms with Gasteiger partial charge >= 0.3 is 0 Å². The summed E-state index contributed by atoms with van der Waals surface area (Å²) in [4.78, 5) is 2.80. The van der Waals surface area contributed by atoms with Gasteiger partial charge < -0.3 is 5.32 Å².